The van der Waals surface area contributed by atoms with Crippen LogP contribution >= 0.6 is 0 Å². The number of nitrogens with one attached hydrogen (secondary N) is 1. The van der Waals surface area contributed by atoms with Gasteiger partial charge in [-0.2, -0.15) is 0 Å². The van der Waals surface area contributed by atoms with Crippen molar-refractivity contribution in [3.63, 3.8) is 0 Å². The average Bonchev–Trinajstić information content (AvgIpc) is 2.88. The van der Waals surface area contributed by atoms with Crippen LogP contribution in [0.3, 0.4) is 0 Å². The molecule has 1 unspecified atom stereocenters. The number of ether oxygens (including phenoxy) is 1. The van der Waals surface area contributed by atoms with Gasteiger partial charge in [0, 0.05) is 25.2 Å². The highest BCUT2D eigenvalue weighted by Gasteiger charge is 2.31. The van der Waals surface area contributed by atoms with Crippen molar-refractivity contribution >= 4 is 11.9 Å². The maximum Gasteiger partial charge on any atom is 0.305 e. The van der Waals surface area contributed by atoms with E-state index in [4.69, 9.17) is 9.84 Å². The molecule has 0 saturated carbocycles. The van der Waals surface area contributed by atoms with E-state index < -0.39 is 11.5 Å². The highest BCUT2D eigenvalue weighted by atomic mass is 16.5. The number of amides is 1. The van der Waals surface area contributed by atoms with Crippen molar-refractivity contribution in [3.05, 3.63) is 0 Å². The van der Waals surface area contributed by atoms with Gasteiger partial charge in [-0.05, 0) is 31.6 Å². The molecule has 0 spiro atoms. The molecular formula is C14H25NO4. The third-order valence-electron chi connectivity index (χ3n) is 4.05. The smallest absolute Gasteiger partial charge is 0.305 e. The number of carbonyl (C=O) groups is 2. The third-order valence-corrected chi connectivity index (χ3v) is 4.05. The molecule has 1 aliphatic heterocycles. The van der Waals surface area contributed by atoms with Crippen LogP contribution in [0.25, 0.3) is 0 Å². The lowest BCUT2D eigenvalue weighted by Gasteiger charge is -2.31. The second-order valence-corrected chi connectivity index (χ2v) is 5.37. The van der Waals surface area contributed by atoms with Crippen molar-refractivity contribution in [1.29, 1.82) is 0 Å². The third kappa shape index (κ3) is 5.19. The Morgan fingerprint density at radius 1 is 1.37 bits per heavy atom. The summed E-state index contributed by atoms with van der Waals surface area (Å²) in [6.07, 6.45) is 3.55. The minimum Gasteiger partial charge on any atom is -0.481 e. The quantitative estimate of drug-likeness (QED) is 0.707. The van der Waals surface area contributed by atoms with Crippen LogP contribution in [0.1, 0.15) is 52.4 Å². The number of carboxylic acids is 1. The lowest BCUT2D eigenvalue weighted by Crippen LogP contribution is -2.49. The van der Waals surface area contributed by atoms with Gasteiger partial charge in [-0.15, -0.1) is 0 Å². The first-order valence-electron chi connectivity index (χ1n) is 7.12. The fourth-order valence-electron chi connectivity index (χ4n) is 2.51. The Balaban J connectivity index is 2.43. The molecule has 0 aromatic carbocycles. The van der Waals surface area contributed by atoms with Gasteiger partial charge in [0.2, 0.25) is 5.91 Å². The van der Waals surface area contributed by atoms with Gasteiger partial charge in [0.25, 0.3) is 0 Å². The van der Waals surface area contributed by atoms with Crippen LogP contribution in [-0.4, -0.2) is 35.7 Å². The molecule has 1 atom stereocenters. The maximum absolute atomic E-state index is 12.0. The monoisotopic (exact) mass is 271 g/mol. The molecule has 5 nitrogen and oxygen atoms in total. The highest BCUT2D eigenvalue weighted by Crippen LogP contribution is 2.22. The van der Waals surface area contributed by atoms with E-state index in [1.165, 1.54) is 0 Å². The van der Waals surface area contributed by atoms with Gasteiger partial charge >= 0.3 is 5.97 Å². The van der Waals surface area contributed by atoms with Gasteiger partial charge in [0.1, 0.15) is 0 Å². The van der Waals surface area contributed by atoms with E-state index in [9.17, 15) is 9.59 Å². The number of aliphatic carboxylic acids is 1. The van der Waals surface area contributed by atoms with Gasteiger partial charge < -0.3 is 15.2 Å². The zero-order chi connectivity index (χ0) is 14.3. The van der Waals surface area contributed by atoms with Crippen LogP contribution in [0.4, 0.5) is 0 Å². The van der Waals surface area contributed by atoms with E-state index in [0.29, 0.717) is 25.2 Å². The topological polar surface area (TPSA) is 75.6 Å². The molecule has 0 radical (unpaired) electrons. The Labute approximate surface area is 114 Å². The van der Waals surface area contributed by atoms with Crippen molar-refractivity contribution in [2.24, 2.45) is 5.92 Å². The zero-order valence-corrected chi connectivity index (χ0v) is 11.9. The second-order valence-electron chi connectivity index (χ2n) is 5.37. The van der Waals surface area contributed by atoms with Crippen LogP contribution in [0.15, 0.2) is 0 Å². The number of hydrogen-bond donors (Lipinski definition) is 2. The fourth-order valence-corrected chi connectivity index (χ4v) is 2.51. The molecule has 2 N–H and O–H groups in total. The maximum atomic E-state index is 12.0. The Morgan fingerprint density at radius 2 is 2.05 bits per heavy atom. The van der Waals surface area contributed by atoms with Gasteiger partial charge in [0.15, 0.2) is 0 Å². The van der Waals surface area contributed by atoms with Crippen molar-refractivity contribution in [2.75, 3.05) is 13.2 Å². The van der Waals surface area contributed by atoms with Crippen LogP contribution in [0.5, 0.6) is 0 Å². The number of hydrogen-bond acceptors (Lipinski definition) is 3. The first-order valence-corrected chi connectivity index (χ1v) is 7.12. The number of rotatable bonds is 8. The first-order chi connectivity index (χ1) is 9.01. The summed E-state index contributed by atoms with van der Waals surface area (Å²) in [6.45, 7) is 5.36. The van der Waals surface area contributed by atoms with E-state index >= 15 is 0 Å². The van der Waals surface area contributed by atoms with Gasteiger partial charge in [0.05, 0.1) is 6.42 Å². The molecule has 19 heavy (non-hydrogen) atoms. The molecule has 1 saturated heterocycles. The summed E-state index contributed by atoms with van der Waals surface area (Å²) < 4.78 is 5.28. The molecule has 5 heteroatoms. The van der Waals surface area contributed by atoms with E-state index in [2.05, 4.69) is 5.32 Å². The van der Waals surface area contributed by atoms with Crippen LogP contribution in [0, 0.1) is 5.92 Å². The Morgan fingerprint density at radius 3 is 2.53 bits per heavy atom. The Kier molecular flexibility index (Phi) is 6.28. The lowest BCUT2D eigenvalue weighted by molar-refractivity contribution is -0.139. The summed E-state index contributed by atoms with van der Waals surface area (Å²) in [4.78, 5) is 22.9. The minimum atomic E-state index is -0.867. The Hall–Kier alpha value is -1.10. The SMILES string of the molecule is CCC(CC)(CC(=O)O)NC(=O)CCC1CCOC1. The van der Waals surface area contributed by atoms with Crippen molar-refractivity contribution in [1.82, 2.24) is 5.32 Å². The summed E-state index contributed by atoms with van der Waals surface area (Å²) in [7, 11) is 0. The van der Waals surface area contributed by atoms with Gasteiger partial charge in [-0.25, -0.2) is 0 Å². The molecule has 110 valence electrons. The summed E-state index contributed by atoms with van der Waals surface area (Å²) in [5, 5.41) is 11.9. The molecule has 0 aliphatic carbocycles. The van der Waals surface area contributed by atoms with E-state index in [0.717, 1.165) is 26.1 Å². The normalized spacial score (nSPS) is 19.4. The molecule has 0 aromatic heterocycles. The Bertz CT molecular complexity index is 307. The molecule has 0 aromatic rings. The summed E-state index contributed by atoms with van der Waals surface area (Å²) >= 11 is 0. The lowest BCUT2D eigenvalue weighted by atomic mass is 9.88. The van der Waals surface area contributed by atoms with Crippen molar-refractivity contribution in [2.45, 2.75) is 57.9 Å². The van der Waals surface area contributed by atoms with Gasteiger partial charge in [-0.1, -0.05) is 13.8 Å². The number of carboxylic acid groups (broad SMARTS) is 1. The standard InChI is InChI=1S/C14H25NO4/c1-3-14(4-2,9-13(17)18)15-12(16)6-5-11-7-8-19-10-11/h11H,3-10H2,1-2H3,(H,15,16)(H,17,18). The fraction of sp³-hybridized carbons (Fsp3) is 0.857. The molecule has 1 aliphatic rings. The van der Waals surface area contributed by atoms with Crippen molar-refractivity contribution in [3.8, 4) is 0 Å². The minimum absolute atomic E-state index is 0.0156. The molecule has 1 fully saturated rings. The summed E-state index contributed by atoms with van der Waals surface area (Å²) in [5.41, 5.74) is -0.602. The zero-order valence-electron chi connectivity index (χ0n) is 11.9. The van der Waals surface area contributed by atoms with Crippen LogP contribution in [0.2, 0.25) is 0 Å². The first kappa shape index (κ1) is 16.0. The average molecular weight is 271 g/mol. The molecule has 0 bridgehead atoms. The summed E-state index contributed by atoms with van der Waals surface area (Å²) in [6, 6.07) is 0. The van der Waals surface area contributed by atoms with E-state index in [1.807, 2.05) is 13.8 Å². The van der Waals surface area contributed by atoms with Crippen molar-refractivity contribution < 1.29 is 19.4 Å². The van der Waals surface area contributed by atoms with E-state index in [-0.39, 0.29) is 12.3 Å². The van der Waals surface area contributed by atoms with Crippen LogP contribution < -0.4 is 5.32 Å². The van der Waals surface area contributed by atoms with Gasteiger partial charge in [-0.3, -0.25) is 9.59 Å². The predicted molar refractivity (Wildman–Crippen MR) is 71.9 cm³/mol. The second kappa shape index (κ2) is 7.48. The highest BCUT2D eigenvalue weighted by molar-refractivity contribution is 5.78. The molecule has 1 heterocycles. The summed E-state index contributed by atoms with van der Waals surface area (Å²) in [5.74, 6) is -0.437. The predicted octanol–water partition coefficient (Wildman–Crippen LogP) is 1.95. The molecular weight excluding hydrogens is 246 g/mol. The molecule has 1 amide bonds. The molecule has 1 rings (SSSR count). The largest absolute Gasteiger partial charge is 0.481 e. The van der Waals surface area contributed by atoms with E-state index in [1.54, 1.807) is 0 Å². The van der Waals surface area contributed by atoms with Crippen LogP contribution in [-0.2, 0) is 14.3 Å². The number of carbonyl (C=O) groups excluding carboxylic acids is 1.